The molecule has 0 amide bonds. The van der Waals surface area contributed by atoms with E-state index in [1.807, 2.05) is 16.8 Å². The van der Waals surface area contributed by atoms with Crippen LogP contribution in [0.3, 0.4) is 0 Å². The molecule has 0 unspecified atom stereocenters. The highest BCUT2D eigenvalue weighted by molar-refractivity contribution is 7.15. The molecule has 1 N–H and O–H groups in total. The van der Waals surface area contributed by atoms with Crippen molar-refractivity contribution in [2.24, 2.45) is 0 Å². The lowest BCUT2D eigenvalue weighted by Crippen LogP contribution is -2.16. The molecule has 0 aliphatic heterocycles. The van der Waals surface area contributed by atoms with E-state index >= 15 is 0 Å². The summed E-state index contributed by atoms with van der Waals surface area (Å²) in [6.45, 7) is 9.23. The molecule has 0 saturated heterocycles. The fourth-order valence-corrected chi connectivity index (χ4v) is 3.97. The van der Waals surface area contributed by atoms with Crippen LogP contribution in [-0.2, 0) is 19.5 Å². The minimum Gasteiger partial charge on any atom is -0.346 e. The highest BCUT2D eigenvalue weighted by atomic mass is 32.1. The first-order chi connectivity index (χ1) is 10.2. The first-order valence-corrected chi connectivity index (χ1v) is 9.14. The Labute approximate surface area is 135 Å². The smallest absolute Gasteiger partial charge is 0.185 e. The first kappa shape index (κ1) is 16.4. The van der Waals surface area contributed by atoms with Crippen molar-refractivity contribution < 1.29 is 0 Å². The number of rotatable bonds is 8. The molecule has 0 radical (unpaired) electrons. The fourth-order valence-electron chi connectivity index (χ4n) is 2.10. The van der Waals surface area contributed by atoms with E-state index in [1.54, 1.807) is 11.3 Å². The van der Waals surface area contributed by atoms with Gasteiger partial charge in [0, 0.05) is 23.3 Å². The molecule has 2 rings (SSSR count). The SMILES string of the molecule is CCCc1nc(N(C)Cc2scnc2C)sc1CNCC. The molecule has 21 heavy (non-hydrogen) atoms. The Morgan fingerprint density at radius 3 is 2.71 bits per heavy atom. The van der Waals surface area contributed by atoms with E-state index in [0.29, 0.717) is 0 Å². The lowest BCUT2D eigenvalue weighted by molar-refractivity contribution is 0.723. The third-order valence-corrected chi connectivity index (χ3v) is 5.47. The van der Waals surface area contributed by atoms with Crippen LogP contribution in [-0.4, -0.2) is 23.6 Å². The Kier molecular flexibility index (Phi) is 6.14. The van der Waals surface area contributed by atoms with Gasteiger partial charge in [-0.15, -0.1) is 22.7 Å². The minimum atomic E-state index is 0.885. The van der Waals surface area contributed by atoms with Gasteiger partial charge < -0.3 is 10.2 Å². The van der Waals surface area contributed by atoms with Gasteiger partial charge in [-0.2, -0.15) is 0 Å². The fraction of sp³-hybridized carbons (Fsp3) is 0.600. The van der Waals surface area contributed by atoms with Crippen LogP contribution in [0.5, 0.6) is 0 Å². The van der Waals surface area contributed by atoms with E-state index in [2.05, 4.69) is 43.0 Å². The van der Waals surface area contributed by atoms with Gasteiger partial charge in [0.2, 0.25) is 0 Å². The van der Waals surface area contributed by atoms with Crippen LogP contribution < -0.4 is 10.2 Å². The van der Waals surface area contributed by atoms with Crippen LogP contribution in [0.4, 0.5) is 5.13 Å². The zero-order valence-corrected chi connectivity index (χ0v) is 14.9. The third kappa shape index (κ3) is 4.25. The molecule has 2 aromatic heterocycles. The lowest BCUT2D eigenvalue weighted by Gasteiger charge is -2.14. The van der Waals surface area contributed by atoms with E-state index in [0.717, 1.165) is 43.3 Å². The maximum Gasteiger partial charge on any atom is 0.185 e. The molecule has 0 fully saturated rings. The van der Waals surface area contributed by atoms with Crippen LogP contribution in [0.2, 0.25) is 0 Å². The lowest BCUT2D eigenvalue weighted by atomic mass is 10.2. The summed E-state index contributed by atoms with van der Waals surface area (Å²) in [6, 6.07) is 0. The molecular weight excluding hydrogens is 300 g/mol. The summed E-state index contributed by atoms with van der Waals surface area (Å²) in [5.74, 6) is 0. The van der Waals surface area contributed by atoms with Crippen LogP contribution in [0.15, 0.2) is 5.51 Å². The first-order valence-electron chi connectivity index (χ1n) is 7.45. The zero-order valence-electron chi connectivity index (χ0n) is 13.3. The number of hydrogen-bond donors (Lipinski definition) is 1. The van der Waals surface area contributed by atoms with Crippen LogP contribution in [0.25, 0.3) is 0 Å². The molecular formula is C15H24N4S2. The van der Waals surface area contributed by atoms with Gasteiger partial charge in [-0.1, -0.05) is 20.3 Å². The molecule has 0 saturated carbocycles. The number of anilines is 1. The Morgan fingerprint density at radius 2 is 2.10 bits per heavy atom. The Morgan fingerprint density at radius 1 is 1.29 bits per heavy atom. The van der Waals surface area contributed by atoms with Crippen molar-refractivity contribution in [2.45, 2.75) is 46.7 Å². The topological polar surface area (TPSA) is 41.1 Å². The van der Waals surface area contributed by atoms with Gasteiger partial charge in [0.15, 0.2) is 5.13 Å². The Bertz CT molecular complexity index is 562. The largest absolute Gasteiger partial charge is 0.346 e. The molecule has 0 spiro atoms. The van der Waals surface area contributed by atoms with Crippen molar-refractivity contribution in [3.8, 4) is 0 Å². The summed E-state index contributed by atoms with van der Waals surface area (Å²) in [4.78, 5) is 14.1. The van der Waals surface area contributed by atoms with Gasteiger partial charge in [-0.05, 0) is 19.9 Å². The number of nitrogens with one attached hydrogen (secondary N) is 1. The maximum absolute atomic E-state index is 4.85. The number of nitrogens with zero attached hydrogens (tertiary/aromatic N) is 3. The molecule has 2 heterocycles. The standard InChI is InChI=1S/C15H24N4S2/c1-5-7-12-13(8-16-6-2)21-15(18-12)19(4)9-14-11(3)17-10-20-14/h10,16H,5-9H2,1-4H3. The predicted octanol–water partition coefficient (Wildman–Crippen LogP) is 3.61. The summed E-state index contributed by atoms with van der Waals surface area (Å²) < 4.78 is 0. The summed E-state index contributed by atoms with van der Waals surface area (Å²) in [5.41, 5.74) is 4.30. The van der Waals surface area contributed by atoms with Crippen molar-refractivity contribution in [2.75, 3.05) is 18.5 Å². The van der Waals surface area contributed by atoms with E-state index in [1.165, 1.54) is 15.4 Å². The molecule has 0 aliphatic carbocycles. The van der Waals surface area contributed by atoms with Crippen molar-refractivity contribution in [3.63, 3.8) is 0 Å². The predicted molar refractivity (Wildman–Crippen MR) is 92.4 cm³/mol. The zero-order chi connectivity index (χ0) is 15.2. The minimum absolute atomic E-state index is 0.885. The van der Waals surface area contributed by atoms with Crippen LogP contribution >= 0.6 is 22.7 Å². The maximum atomic E-state index is 4.85. The number of hydrogen-bond acceptors (Lipinski definition) is 6. The average Bonchev–Trinajstić information content (AvgIpc) is 3.04. The Hall–Kier alpha value is -0.980. The summed E-state index contributed by atoms with van der Waals surface area (Å²) in [6.07, 6.45) is 2.20. The molecule has 0 atom stereocenters. The van der Waals surface area contributed by atoms with E-state index in [-0.39, 0.29) is 0 Å². The molecule has 6 heteroatoms. The highest BCUT2D eigenvalue weighted by Crippen LogP contribution is 2.28. The number of thiazole rings is 2. The van der Waals surface area contributed by atoms with Crippen LogP contribution in [0, 0.1) is 6.92 Å². The van der Waals surface area contributed by atoms with Crippen LogP contribution in [0.1, 0.15) is 41.4 Å². The van der Waals surface area contributed by atoms with Gasteiger partial charge in [-0.3, -0.25) is 0 Å². The summed E-state index contributed by atoms with van der Waals surface area (Å²) in [5, 5.41) is 4.52. The van der Waals surface area contributed by atoms with Gasteiger partial charge >= 0.3 is 0 Å². The summed E-state index contributed by atoms with van der Waals surface area (Å²) >= 11 is 3.53. The average molecular weight is 325 g/mol. The second kappa shape index (κ2) is 7.87. The quantitative estimate of drug-likeness (QED) is 0.805. The van der Waals surface area contributed by atoms with E-state index < -0.39 is 0 Å². The van der Waals surface area contributed by atoms with Gasteiger partial charge in [0.05, 0.1) is 23.4 Å². The second-order valence-electron chi connectivity index (χ2n) is 5.11. The van der Waals surface area contributed by atoms with Gasteiger partial charge in [0.25, 0.3) is 0 Å². The van der Waals surface area contributed by atoms with Crippen molar-refractivity contribution in [1.82, 2.24) is 15.3 Å². The van der Waals surface area contributed by atoms with Crippen molar-refractivity contribution in [1.29, 1.82) is 0 Å². The normalized spacial score (nSPS) is 11.0. The van der Waals surface area contributed by atoms with Crippen molar-refractivity contribution >= 4 is 27.8 Å². The van der Waals surface area contributed by atoms with E-state index in [4.69, 9.17) is 4.98 Å². The molecule has 0 aliphatic rings. The summed E-state index contributed by atoms with van der Waals surface area (Å²) in [7, 11) is 2.12. The second-order valence-corrected chi connectivity index (χ2v) is 7.12. The molecule has 0 aromatic carbocycles. The highest BCUT2D eigenvalue weighted by Gasteiger charge is 2.14. The number of aromatic nitrogens is 2. The molecule has 2 aromatic rings. The monoisotopic (exact) mass is 324 g/mol. The molecule has 0 bridgehead atoms. The third-order valence-electron chi connectivity index (χ3n) is 3.34. The molecule has 116 valence electrons. The van der Waals surface area contributed by atoms with Gasteiger partial charge in [-0.25, -0.2) is 9.97 Å². The van der Waals surface area contributed by atoms with E-state index in [9.17, 15) is 0 Å². The van der Waals surface area contributed by atoms with Gasteiger partial charge in [0.1, 0.15) is 0 Å². The van der Waals surface area contributed by atoms with Crippen molar-refractivity contribution in [3.05, 3.63) is 26.7 Å². The Balaban J connectivity index is 2.12. The molecule has 4 nitrogen and oxygen atoms in total. The number of aryl methyl sites for hydroxylation is 2.